The smallest absolute Gasteiger partial charge is 0.309 e. The Kier molecular flexibility index (Phi) is 4.02. The van der Waals surface area contributed by atoms with Crippen molar-refractivity contribution < 1.29 is 14.3 Å². The highest BCUT2D eigenvalue weighted by Gasteiger charge is 2.68. The van der Waals surface area contributed by atoms with E-state index < -0.39 is 0 Å². The van der Waals surface area contributed by atoms with E-state index in [-0.39, 0.29) is 22.7 Å². The molecule has 3 aliphatic carbocycles. The van der Waals surface area contributed by atoms with Gasteiger partial charge in [0.05, 0.1) is 25.4 Å². The van der Waals surface area contributed by atoms with Gasteiger partial charge in [0.25, 0.3) is 0 Å². The third kappa shape index (κ3) is 2.22. The molecule has 0 N–H and O–H groups in total. The molecule has 5 atom stereocenters. The van der Waals surface area contributed by atoms with E-state index in [1.54, 1.807) is 18.3 Å². The second kappa shape index (κ2) is 6.10. The van der Waals surface area contributed by atoms with Gasteiger partial charge in [-0.05, 0) is 63.5 Å². The molecule has 2 spiro atoms. The minimum Gasteiger partial charge on any atom is -0.498 e. The van der Waals surface area contributed by atoms with E-state index in [1.165, 1.54) is 19.3 Å². The first kappa shape index (κ1) is 17.8. The van der Waals surface area contributed by atoms with Crippen LogP contribution in [-0.4, -0.2) is 44.7 Å². The highest BCUT2D eigenvalue weighted by Crippen LogP contribution is 2.71. The maximum absolute atomic E-state index is 12.7. The van der Waals surface area contributed by atoms with Crippen molar-refractivity contribution in [3.63, 3.8) is 0 Å². The van der Waals surface area contributed by atoms with Crippen molar-refractivity contribution in [3.05, 3.63) is 23.0 Å². The lowest BCUT2D eigenvalue weighted by atomic mass is 9.51. The molecule has 0 radical (unpaired) electrons. The summed E-state index contributed by atoms with van der Waals surface area (Å²) in [7, 11) is 3.84. The molecule has 2 heterocycles. The largest absolute Gasteiger partial charge is 0.498 e. The Balaban J connectivity index is 1.67. The number of esters is 1. The summed E-state index contributed by atoms with van der Waals surface area (Å²) in [6.07, 6.45) is 10.3. The second-order valence-electron chi connectivity index (χ2n) is 9.68. The Morgan fingerprint density at radius 3 is 2.89 bits per heavy atom. The Bertz CT molecular complexity index is 725. The van der Waals surface area contributed by atoms with E-state index in [0.717, 1.165) is 51.1 Å². The standard InChI is InChI=1S/C23H33NO3/c1-4-17-9-10-22(14-27-17)16-7-5-15-6-8-18-19(21(25)26-3)11-23(22,20(15)18)13-24(2)12-16/h9,16,18-19H,4-8,10-14H2,1-3H3/t16-,18-,19+,22-,23+/m1/s1. The first-order chi connectivity index (χ1) is 13.0. The molecule has 2 fully saturated rings. The van der Waals surface area contributed by atoms with Crippen molar-refractivity contribution in [2.24, 2.45) is 28.6 Å². The van der Waals surface area contributed by atoms with Crippen molar-refractivity contribution in [1.29, 1.82) is 0 Å². The maximum Gasteiger partial charge on any atom is 0.309 e. The number of nitrogens with zero attached hydrogens (tertiary/aromatic N) is 1. The Hall–Kier alpha value is -1.29. The minimum absolute atomic E-state index is 0.0117. The molecule has 4 nitrogen and oxygen atoms in total. The van der Waals surface area contributed by atoms with Crippen molar-refractivity contribution in [2.75, 3.05) is 33.9 Å². The normalized spacial score (nSPS) is 43.2. The van der Waals surface area contributed by atoms with Gasteiger partial charge in [0.2, 0.25) is 0 Å². The van der Waals surface area contributed by atoms with Gasteiger partial charge in [0, 0.05) is 30.3 Å². The number of allylic oxidation sites excluding steroid dienone is 3. The first-order valence-electron chi connectivity index (χ1n) is 10.9. The molecular formula is C23H33NO3. The van der Waals surface area contributed by atoms with Gasteiger partial charge in [0.15, 0.2) is 0 Å². The quantitative estimate of drug-likeness (QED) is 0.545. The van der Waals surface area contributed by atoms with Crippen LogP contribution in [0.4, 0.5) is 0 Å². The first-order valence-corrected chi connectivity index (χ1v) is 10.9. The van der Waals surface area contributed by atoms with Crippen molar-refractivity contribution in [1.82, 2.24) is 4.90 Å². The van der Waals surface area contributed by atoms with Crippen LogP contribution in [0.3, 0.4) is 0 Å². The zero-order valence-electron chi connectivity index (χ0n) is 17.1. The molecule has 0 aromatic rings. The fraction of sp³-hybridized carbons (Fsp3) is 0.783. The van der Waals surface area contributed by atoms with E-state index in [9.17, 15) is 4.79 Å². The summed E-state index contributed by atoms with van der Waals surface area (Å²) in [4.78, 5) is 15.3. The molecule has 0 aromatic heterocycles. The lowest BCUT2D eigenvalue weighted by Crippen LogP contribution is -2.61. The molecule has 2 bridgehead atoms. The second-order valence-corrected chi connectivity index (χ2v) is 9.68. The number of piperidine rings is 1. The zero-order chi connectivity index (χ0) is 18.8. The summed E-state index contributed by atoms with van der Waals surface area (Å²) in [6.45, 7) is 5.25. The molecule has 1 saturated heterocycles. The predicted octanol–water partition coefficient (Wildman–Crippen LogP) is 3.93. The number of likely N-dealkylation sites (tertiary alicyclic amines) is 1. The predicted molar refractivity (Wildman–Crippen MR) is 104 cm³/mol. The number of carbonyl (C=O) groups excluding carboxylic acids is 1. The van der Waals surface area contributed by atoms with Gasteiger partial charge in [-0.25, -0.2) is 0 Å². The van der Waals surface area contributed by atoms with Gasteiger partial charge in [-0.2, -0.15) is 0 Å². The Labute approximate surface area is 163 Å². The van der Waals surface area contributed by atoms with Crippen LogP contribution in [0.15, 0.2) is 23.0 Å². The molecule has 2 aliphatic heterocycles. The summed E-state index contributed by atoms with van der Waals surface area (Å²) >= 11 is 0. The lowest BCUT2D eigenvalue weighted by molar-refractivity contribution is -0.149. The fourth-order valence-electron chi connectivity index (χ4n) is 7.71. The molecule has 0 aromatic carbocycles. The molecule has 27 heavy (non-hydrogen) atoms. The number of methoxy groups -OCH3 is 1. The van der Waals surface area contributed by atoms with Gasteiger partial charge < -0.3 is 14.4 Å². The molecule has 1 saturated carbocycles. The van der Waals surface area contributed by atoms with E-state index in [2.05, 4.69) is 24.9 Å². The Morgan fingerprint density at radius 1 is 1.37 bits per heavy atom. The van der Waals surface area contributed by atoms with Crippen molar-refractivity contribution in [3.8, 4) is 0 Å². The molecule has 0 amide bonds. The molecule has 5 aliphatic rings. The fourth-order valence-corrected chi connectivity index (χ4v) is 7.71. The molecule has 148 valence electrons. The summed E-state index contributed by atoms with van der Waals surface area (Å²) in [5.74, 6) is 2.27. The van der Waals surface area contributed by atoms with Gasteiger partial charge >= 0.3 is 5.97 Å². The monoisotopic (exact) mass is 371 g/mol. The SMILES string of the molecule is CCC1=CC[C@@]2(CO1)[C@@H]1CCC3=C4[C@H](CC3)[C@@H](C(=O)OC)C[C@]42CN(C)C1. The average molecular weight is 372 g/mol. The molecule has 4 heteroatoms. The van der Waals surface area contributed by atoms with Crippen molar-refractivity contribution >= 4 is 5.97 Å². The summed E-state index contributed by atoms with van der Waals surface area (Å²) in [5, 5.41) is 0. The summed E-state index contributed by atoms with van der Waals surface area (Å²) in [6, 6.07) is 0. The number of hydrogen-bond donors (Lipinski definition) is 0. The Morgan fingerprint density at radius 2 is 2.19 bits per heavy atom. The molecule has 5 rings (SSSR count). The van der Waals surface area contributed by atoms with Gasteiger partial charge in [-0.15, -0.1) is 0 Å². The van der Waals surface area contributed by atoms with E-state index in [1.807, 2.05) is 0 Å². The summed E-state index contributed by atoms with van der Waals surface area (Å²) < 4.78 is 11.6. The molecule has 0 unspecified atom stereocenters. The average Bonchev–Trinajstić information content (AvgIpc) is 3.22. The van der Waals surface area contributed by atoms with Gasteiger partial charge in [-0.1, -0.05) is 18.1 Å². The number of rotatable bonds is 2. The van der Waals surface area contributed by atoms with Crippen LogP contribution >= 0.6 is 0 Å². The maximum atomic E-state index is 12.7. The van der Waals surface area contributed by atoms with E-state index in [0.29, 0.717) is 11.8 Å². The van der Waals surface area contributed by atoms with E-state index >= 15 is 0 Å². The van der Waals surface area contributed by atoms with Crippen LogP contribution in [0.2, 0.25) is 0 Å². The highest BCUT2D eigenvalue weighted by molar-refractivity contribution is 5.75. The van der Waals surface area contributed by atoms with Crippen molar-refractivity contribution in [2.45, 2.75) is 51.9 Å². The van der Waals surface area contributed by atoms with Crippen LogP contribution in [0, 0.1) is 28.6 Å². The van der Waals surface area contributed by atoms with E-state index in [4.69, 9.17) is 9.47 Å². The topological polar surface area (TPSA) is 38.8 Å². The highest BCUT2D eigenvalue weighted by atomic mass is 16.5. The van der Waals surface area contributed by atoms with Crippen LogP contribution in [0.5, 0.6) is 0 Å². The number of hydrogen-bond acceptors (Lipinski definition) is 4. The van der Waals surface area contributed by atoms with Gasteiger partial charge in [0.1, 0.15) is 0 Å². The number of carbonyl (C=O) groups is 1. The van der Waals surface area contributed by atoms with Crippen LogP contribution in [0.1, 0.15) is 51.9 Å². The number of ether oxygens (including phenoxy) is 2. The van der Waals surface area contributed by atoms with Crippen LogP contribution in [-0.2, 0) is 14.3 Å². The summed E-state index contributed by atoms with van der Waals surface area (Å²) in [5.41, 5.74) is 3.60. The minimum atomic E-state index is 0.0117. The van der Waals surface area contributed by atoms with Crippen LogP contribution < -0.4 is 0 Å². The van der Waals surface area contributed by atoms with Gasteiger partial charge in [-0.3, -0.25) is 4.79 Å². The molecular weight excluding hydrogens is 338 g/mol. The third-order valence-electron chi connectivity index (χ3n) is 8.74. The zero-order valence-corrected chi connectivity index (χ0v) is 17.1. The third-order valence-corrected chi connectivity index (χ3v) is 8.74. The lowest BCUT2D eigenvalue weighted by Gasteiger charge is -2.59. The van der Waals surface area contributed by atoms with Crippen LogP contribution in [0.25, 0.3) is 0 Å².